The Morgan fingerprint density at radius 2 is 1.92 bits per heavy atom. The zero-order chi connectivity index (χ0) is 17.9. The molecule has 0 radical (unpaired) electrons. The number of hydrogen-bond donors (Lipinski definition) is 2. The van der Waals surface area contributed by atoms with E-state index in [0.29, 0.717) is 19.4 Å². The van der Waals surface area contributed by atoms with E-state index >= 15 is 0 Å². The van der Waals surface area contributed by atoms with Gasteiger partial charge in [-0.3, -0.25) is 9.59 Å². The molecule has 1 aromatic carbocycles. The lowest BCUT2D eigenvalue weighted by atomic mass is 9.97. The van der Waals surface area contributed by atoms with Crippen molar-refractivity contribution in [1.29, 1.82) is 0 Å². The van der Waals surface area contributed by atoms with Gasteiger partial charge < -0.3 is 10.6 Å². The Balaban J connectivity index is 1.54. The summed E-state index contributed by atoms with van der Waals surface area (Å²) in [5, 5.41) is 5.93. The molecule has 3 rings (SSSR count). The Morgan fingerprint density at radius 3 is 2.56 bits per heavy atom. The molecule has 2 amide bonds. The maximum absolute atomic E-state index is 12.7. The summed E-state index contributed by atoms with van der Waals surface area (Å²) in [5.41, 5.74) is 3.55. The van der Waals surface area contributed by atoms with Gasteiger partial charge in [-0.05, 0) is 70.4 Å². The van der Waals surface area contributed by atoms with Crippen LogP contribution in [0.15, 0.2) is 29.8 Å². The molecule has 0 bridgehead atoms. The van der Waals surface area contributed by atoms with Crippen LogP contribution < -0.4 is 10.6 Å². The van der Waals surface area contributed by atoms with E-state index in [0.717, 1.165) is 36.1 Å². The van der Waals surface area contributed by atoms with Gasteiger partial charge in [0.05, 0.1) is 0 Å². The van der Waals surface area contributed by atoms with Gasteiger partial charge in [-0.25, -0.2) is 0 Å². The summed E-state index contributed by atoms with van der Waals surface area (Å²) in [5.74, 6) is -0.292. The third-order valence-electron chi connectivity index (χ3n) is 5.37. The number of carbonyl (C=O) groups is 2. The SMILES string of the molecule is Cc1ccc(NC(=O)C2(C(=O)NCCC3=CCCCC3)CC2)c(C)c1. The number of benzene rings is 1. The van der Waals surface area contributed by atoms with Gasteiger partial charge in [0.25, 0.3) is 0 Å². The first kappa shape index (κ1) is 17.7. The summed E-state index contributed by atoms with van der Waals surface area (Å²) in [4.78, 5) is 25.2. The highest BCUT2D eigenvalue weighted by Crippen LogP contribution is 2.47. The van der Waals surface area contributed by atoms with Gasteiger partial charge in [-0.15, -0.1) is 0 Å². The molecule has 25 heavy (non-hydrogen) atoms. The molecule has 134 valence electrons. The summed E-state index contributed by atoms with van der Waals surface area (Å²) >= 11 is 0. The Hall–Kier alpha value is -2.10. The molecule has 0 aromatic heterocycles. The van der Waals surface area contributed by atoms with Crippen LogP contribution in [-0.2, 0) is 9.59 Å². The molecule has 2 N–H and O–H groups in total. The molecule has 1 saturated carbocycles. The Bertz CT molecular complexity index is 702. The number of nitrogens with one attached hydrogen (secondary N) is 2. The Morgan fingerprint density at radius 1 is 1.12 bits per heavy atom. The second-order valence-electron chi connectivity index (χ2n) is 7.47. The van der Waals surface area contributed by atoms with Crippen LogP contribution >= 0.6 is 0 Å². The highest BCUT2D eigenvalue weighted by Gasteiger charge is 2.56. The van der Waals surface area contributed by atoms with Crippen LogP contribution in [0.1, 0.15) is 56.1 Å². The number of aryl methyl sites for hydroxylation is 2. The summed E-state index contributed by atoms with van der Waals surface area (Å²) in [6.07, 6.45) is 9.31. The van der Waals surface area contributed by atoms with Crippen LogP contribution in [-0.4, -0.2) is 18.4 Å². The van der Waals surface area contributed by atoms with Crippen molar-refractivity contribution < 1.29 is 9.59 Å². The maximum atomic E-state index is 12.7. The minimum Gasteiger partial charge on any atom is -0.355 e. The summed E-state index contributed by atoms with van der Waals surface area (Å²) in [6, 6.07) is 5.92. The minimum atomic E-state index is -0.863. The first-order valence-corrected chi connectivity index (χ1v) is 9.36. The first-order valence-electron chi connectivity index (χ1n) is 9.36. The van der Waals surface area contributed by atoms with E-state index in [-0.39, 0.29) is 11.8 Å². The summed E-state index contributed by atoms with van der Waals surface area (Å²) in [6.45, 7) is 4.62. The highest BCUT2D eigenvalue weighted by molar-refractivity contribution is 6.13. The molecule has 0 saturated heterocycles. The summed E-state index contributed by atoms with van der Waals surface area (Å²) < 4.78 is 0. The molecule has 1 fully saturated rings. The van der Waals surface area contributed by atoms with Crippen LogP contribution in [0.2, 0.25) is 0 Å². The van der Waals surface area contributed by atoms with Gasteiger partial charge in [0.1, 0.15) is 5.41 Å². The first-order chi connectivity index (χ1) is 12.0. The van der Waals surface area contributed by atoms with Gasteiger partial charge in [0.15, 0.2) is 0 Å². The quantitative estimate of drug-likeness (QED) is 0.607. The van der Waals surface area contributed by atoms with Crippen molar-refractivity contribution in [3.05, 3.63) is 41.0 Å². The fourth-order valence-corrected chi connectivity index (χ4v) is 3.52. The fraction of sp³-hybridized carbons (Fsp3) is 0.524. The van der Waals surface area contributed by atoms with Crippen molar-refractivity contribution in [3.8, 4) is 0 Å². The van der Waals surface area contributed by atoms with Crippen molar-refractivity contribution in [2.45, 2.75) is 58.8 Å². The van der Waals surface area contributed by atoms with E-state index in [2.05, 4.69) is 16.7 Å². The lowest BCUT2D eigenvalue weighted by Crippen LogP contribution is -2.40. The van der Waals surface area contributed by atoms with Crippen LogP contribution in [0.4, 0.5) is 5.69 Å². The van der Waals surface area contributed by atoms with Crippen LogP contribution in [0.25, 0.3) is 0 Å². The van der Waals surface area contributed by atoms with Gasteiger partial charge in [-0.2, -0.15) is 0 Å². The Labute approximate surface area is 150 Å². The Kier molecular flexibility index (Phi) is 5.26. The largest absolute Gasteiger partial charge is 0.355 e. The minimum absolute atomic E-state index is 0.119. The topological polar surface area (TPSA) is 58.2 Å². The second-order valence-corrected chi connectivity index (χ2v) is 7.47. The monoisotopic (exact) mass is 340 g/mol. The average molecular weight is 340 g/mol. The number of hydrogen-bond acceptors (Lipinski definition) is 2. The molecular formula is C21H28N2O2. The van der Waals surface area contributed by atoms with E-state index < -0.39 is 5.41 Å². The van der Waals surface area contributed by atoms with Crippen LogP contribution in [0.3, 0.4) is 0 Å². The third kappa shape index (κ3) is 4.12. The number of allylic oxidation sites excluding steroid dienone is 1. The van der Waals surface area contributed by atoms with Crippen molar-refractivity contribution >= 4 is 17.5 Å². The molecule has 2 aliphatic carbocycles. The van der Waals surface area contributed by atoms with Gasteiger partial charge in [0, 0.05) is 12.2 Å². The molecule has 0 spiro atoms. The second kappa shape index (κ2) is 7.42. The van der Waals surface area contributed by atoms with Crippen molar-refractivity contribution in [1.82, 2.24) is 5.32 Å². The van der Waals surface area contributed by atoms with E-state index in [4.69, 9.17) is 0 Å². The standard InChI is InChI=1S/C21H28N2O2/c1-15-8-9-18(16(2)14-15)23-20(25)21(11-12-21)19(24)22-13-10-17-6-4-3-5-7-17/h6,8-9,14H,3-5,7,10-13H2,1-2H3,(H,22,24)(H,23,25). The van der Waals surface area contributed by atoms with E-state index in [1.807, 2.05) is 32.0 Å². The number of rotatable bonds is 6. The molecule has 2 aliphatic rings. The zero-order valence-corrected chi connectivity index (χ0v) is 15.3. The molecule has 0 aliphatic heterocycles. The van der Waals surface area contributed by atoms with E-state index in [9.17, 15) is 9.59 Å². The maximum Gasteiger partial charge on any atom is 0.240 e. The zero-order valence-electron chi connectivity index (χ0n) is 15.3. The van der Waals surface area contributed by atoms with E-state index in [1.54, 1.807) is 0 Å². The van der Waals surface area contributed by atoms with E-state index in [1.165, 1.54) is 18.4 Å². The van der Waals surface area contributed by atoms with Gasteiger partial charge in [-0.1, -0.05) is 29.3 Å². The van der Waals surface area contributed by atoms with Crippen molar-refractivity contribution in [3.63, 3.8) is 0 Å². The average Bonchev–Trinajstić information content (AvgIpc) is 3.40. The van der Waals surface area contributed by atoms with Crippen LogP contribution in [0.5, 0.6) is 0 Å². The highest BCUT2D eigenvalue weighted by atomic mass is 16.2. The predicted molar refractivity (Wildman–Crippen MR) is 100 cm³/mol. The normalized spacial score (nSPS) is 18.2. The van der Waals surface area contributed by atoms with Gasteiger partial charge >= 0.3 is 0 Å². The van der Waals surface area contributed by atoms with Crippen LogP contribution in [0, 0.1) is 19.3 Å². The lowest BCUT2D eigenvalue weighted by Gasteiger charge is -2.18. The predicted octanol–water partition coefficient (Wildman–Crippen LogP) is 4.03. The number of carbonyl (C=O) groups excluding carboxylic acids is 2. The molecule has 0 unspecified atom stereocenters. The molecule has 1 aromatic rings. The molecular weight excluding hydrogens is 312 g/mol. The number of anilines is 1. The van der Waals surface area contributed by atoms with Crippen molar-refractivity contribution in [2.75, 3.05) is 11.9 Å². The van der Waals surface area contributed by atoms with Crippen molar-refractivity contribution in [2.24, 2.45) is 5.41 Å². The molecule has 4 heteroatoms. The smallest absolute Gasteiger partial charge is 0.240 e. The summed E-state index contributed by atoms with van der Waals surface area (Å²) in [7, 11) is 0. The fourth-order valence-electron chi connectivity index (χ4n) is 3.52. The molecule has 0 heterocycles. The third-order valence-corrected chi connectivity index (χ3v) is 5.37. The van der Waals surface area contributed by atoms with Gasteiger partial charge in [0.2, 0.25) is 11.8 Å². The lowest BCUT2D eigenvalue weighted by molar-refractivity contribution is -0.134. The number of amides is 2. The molecule has 4 nitrogen and oxygen atoms in total. The molecule has 0 atom stereocenters.